The van der Waals surface area contributed by atoms with E-state index in [1.807, 2.05) is 0 Å². The molecule has 0 fully saturated rings. The molecule has 0 amide bonds. The second-order valence-electron chi connectivity index (χ2n) is 5.26. The Labute approximate surface area is 143 Å². The number of benzene rings is 2. The van der Waals surface area contributed by atoms with Crippen LogP contribution in [0.5, 0.6) is 5.75 Å². The Kier molecular flexibility index (Phi) is 4.35. The molecular formula is C16H16BrNO4S. The standard InChI is InChI=1S/C16H16BrNO4S/c1-22-12-4-7-14-15(10-12)18(9-8-16(14)19)23(20,21)13-5-2-11(17)3-6-13/h2-7,10,16,19H,8-9H2,1H3. The van der Waals surface area contributed by atoms with Gasteiger partial charge in [-0.1, -0.05) is 22.0 Å². The van der Waals surface area contributed by atoms with Crippen molar-refractivity contribution in [3.05, 3.63) is 52.5 Å². The molecule has 0 saturated carbocycles. The molecule has 23 heavy (non-hydrogen) atoms. The van der Waals surface area contributed by atoms with E-state index in [0.29, 0.717) is 23.4 Å². The van der Waals surface area contributed by atoms with Crippen LogP contribution in [-0.4, -0.2) is 27.2 Å². The molecule has 1 heterocycles. The van der Waals surface area contributed by atoms with E-state index in [1.165, 1.54) is 11.4 Å². The number of nitrogens with zero attached hydrogens (tertiary/aromatic N) is 1. The van der Waals surface area contributed by atoms with Gasteiger partial charge in [-0.2, -0.15) is 0 Å². The normalized spacial score (nSPS) is 17.7. The van der Waals surface area contributed by atoms with Crippen LogP contribution in [0.3, 0.4) is 0 Å². The zero-order valence-corrected chi connectivity index (χ0v) is 14.8. The fourth-order valence-electron chi connectivity index (χ4n) is 2.65. The number of aliphatic hydroxyl groups is 1. The number of hydrogen-bond donors (Lipinski definition) is 1. The summed E-state index contributed by atoms with van der Waals surface area (Å²) in [7, 11) is -2.17. The van der Waals surface area contributed by atoms with E-state index in [0.717, 1.165) is 4.47 Å². The SMILES string of the molecule is COc1ccc2c(c1)N(S(=O)(=O)c1ccc(Br)cc1)CCC2O. The molecule has 2 aromatic carbocycles. The van der Waals surface area contributed by atoms with Crippen molar-refractivity contribution in [1.29, 1.82) is 0 Å². The molecule has 0 aliphatic carbocycles. The smallest absolute Gasteiger partial charge is 0.264 e. The van der Waals surface area contributed by atoms with Crippen LogP contribution in [0.25, 0.3) is 0 Å². The summed E-state index contributed by atoms with van der Waals surface area (Å²) in [6.07, 6.45) is -0.318. The Morgan fingerprint density at radius 3 is 2.57 bits per heavy atom. The van der Waals surface area contributed by atoms with Crippen molar-refractivity contribution >= 4 is 31.6 Å². The van der Waals surface area contributed by atoms with Gasteiger partial charge in [0.2, 0.25) is 0 Å². The molecule has 3 rings (SSSR count). The van der Waals surface area contributed by atoms with E-state index < -0.39 is 16.1 Å². The second-order valence-corrected chi connectivity index (χ2v) is 8.04. The lowest BCUT2D eigenvalue weighted by Crippen LogP contribution is -2.36. The van der Waals surface area contributed by atoms with Crippen molar-refractivity contribution in [3.8, 4) is 5.75 Å². The molecule has 0 bridgehead atoms. The van der Waals surface area contributed by atoms with E-state index in [1.54, 1.807) is 42.5 Å². The molecular weight excluding hydrogens is 382 g/mol. The van der Waals surface area contributed by atoms with Crippen LogP contribution in [0.2, 0.25) is 0 Å². The molecule has 1 N–H and O–H groups in total. The number of methoxy groups -OCH3 is 1. The van der Waals surface area contributed by atoms with E-state index in [-0.39, 0.29) is 11.4 Å². The van der Waals surface area contributed by atoms with Gasteiger partial charge in [0, 0.05) is 22.6 Å². The van der Waals surface area contributed by atoms with E-state index in [4.69, 9.17) is 4.74 Å². The van der Waals surface area contributed by atoms with Gasteiger partial charge in [-0.15, -0.1) is 0 Å². The average Bonchev–Trinajstić information content (AvgIpc) is 2.55. The number of aliphatic hydroxyl groups excluding tert-OH is 1. The minimum absolute atomic E-state index is 0.214. The van der Waals surface area contributed by atoms with Crippen molar-refractivity contribution < 1.29 is 18.3 Å². The third kappa shape index (κ3) is 2.96. The quantitative estimate of drug-likeness (QED) is 0.863. The lowest BCUT2D eigenvalue weighted by molar-refractivity contribution is 0.166. The third-order valence-electron chi connectivity index (χ3n) is 3.87. The van der Waals surface area contributed by atoms with E-state index in [9.17, 15) is 13.5 Å². The summed E-state index contributed by atoms with van der Waals surface area (Å²) in [5.74, 6) is 0.550. The summed E-state index contributed by atoms with van der Waals surface area (Å²) in [6.45, 7) is 0.222. The van der Waals surface area contributed by atoms with Crippen molar-refractivity contribution in [1.82, 2.24) is 0 Å². The van der Waals surface area contributed by atoms with Crippen LogP contribution in [0.4, 0.5) is 5.69 Å². The topological polar surface area (TPSA) is 66.8 Å². The van der Waals surface area contributed by atoms with Gasteiger partial charge < -0.3 is 9.84 Å². The lowest BCUT2D eigenvalue weighted by Gasteiger charge is -2.33. The summed E-state index contributed by atoms with van der Waals surface area (Å²) >= 11 is 3.30. The Balaban J connectivity index is 2.10. The zero-order chi connectivity index (χ0) is 16.6. The van der Waals surface area contributed by atoms with Gasteiger partial charge in [0.1, 0.15) is 5.75 Å². The minimum atomic E-state index is -3.69. The number of halogens is 1. The fraction of sp³-hybridized carbons (Fsp3) is 0.250. The molecule has 1 atom stereocenters. The van der Waals surface area contributed by atoms with Crippen LogP contribution in [0, 0.1) is 0 Å². The van der Waals surface area contributed by atoms with Gasteiger partial charge >= 0.3 is 0 Å². The Morgan fingerprint density at radius 2 is 1.91 bits per heavy atom. The lowest BCUT2D eigenvalue weighted by atomic mass is 10.0. The summed E-state index contributed by atoms with van der Waals surface area (Å²) < 4.78 is 33.2. The predicted octanol–water partition coefficient (Wildman–Crippen LogP) is 3.09. The van der Waals surface area contributed by atoms with Gasteiger partial charge in [-0.3, -0.25) is 4.31 Å². The fourth-order valence-corrected chi connectivity index (χ4v) is 4.41. The average molecular weight is 398 g/mol. The summed E-state index contributed by atoms with van der Waals surface area (Å²) in [5.41, 5.74) is 1.06. The Bertz CT molecular complexity index is 820. The first kappa shape index (κ1) is 16.3. The number of ether oxygens (including phenoxy) is 1. The summed E-state index contributed by atoms with van der Waals surface area (Å²) in [5, 5.41) is 10.1. The maximum atomic E-state index is 13.0. The minimum Gasteiger partial charge on any atom is -0.497 e. The zero-order valence-electron chi connectivity index (χ0n) is 12.4. The van der Waals surface area contributed by atoms with Crippen molar-refractivity contribution in [2.45, 2.75) is 17.4 Å². The molecule has 0 aromatic heterocycles. The highest BCUT2D eigenvalue weighted by Crippen LogP contribution is 2.39. The van der Waals surface area contributed by atoms with Gasteiger partial charge in [-0.25, -0.2) is 8.42 Å². The summed E-state index contributed by atoms with van der Waals surface area (Å²) in [4.78, 5) is 0.214. The highest BCUT2D eigenvalue weighted by atomic mass is 79.9. The molecule has 1 unspecified atom stereocenters. The highest BCUT2D eigenvalue weighted by Gasteiger charge is 2.32. The van der Waals surface area contributed by atoms with Gasteiger partial charge in [0.25, 0.3) is 10.0 Å². The van der Waals surface area contributed by atoms with E-state index >= 15 is 0 Å². The molecule has 7 heteroatoms. The third-order valence-corrected chi connectivity index (χ3v) is 6.23. The summed E-state index contributed by atoms with van der Waals surface area (Å²) in [6, 6.07) is 11.6. The monoisotopic (exact) mass is 397 g/mol. The van der Waals surface area contributed by atoms with Crippen LogP contribution in [-0.2, 0) is 10.0 Å². The van der Waals surface area contributed by atoms with Crippen LogP contribution in [0.1, 0.15) is 18.1 Å². The number of fused-ring (bicyclic) bond motifs is 1. The van der Waals surface area contributed by atoms with Crippen LogP contribution in [0.15, 0.2) is 51.8 Å². The van der Waals surface area contributed by atoms with Gasteiger partial charge in [0.05, 0.1) is 23.8 Å². The molecule has 0 spiro atoms. The largest absolute Gasteiger partial charge is 0.497 e. The second kappa shape index (κ2) is 6.14. The number of hydrogen-bond acceptors (Lipinski definition) is 4. The number of anilines is 1. The molecule has 122 valence electrons. The first-order chi connectivity index (χ1) is 10.9. The van der Waals surface area contributed by atoms with Crippen LogP contribution >= 0.6 is 15.9 Å². The molecule has 1 aliphatic heterocycles. The van der Waals surface area contributed by atoms with Crippen molar-refractivity contribution in [2.75, 3.05) is 18.0 Å². The first-order valence-corrected chi connectivity index (χ1v) is 9.31. The molecule has 5 nitrogen and oxygen atoms in total. The Morgan fingerprint density at radius 1 is 1.22 bits per heavy atom. The molecule has 2 aromatic rings. The predicted molar refractivity (Wildman–Crippen MR) is 91.2 cm³/mol. The number of rotatable bonds is 3. The van der Waals surface area contributed by atoms with Gasteiger partial charge in [0.15, 0.2) is 0 Å². The van der Waals surface area contributed by atoms with E-state index in [2.05, 4.69) is 15.9 Å². The molecule has 0 saturated heterocycles. The maximum Gasteiger partial charge on any atom is 0.264 e. The first-order valence-electron chi connectivity index (χ1n) is 7.08. The number of sulfonamides is 1. The van der Waals surface area contributed by atoms with Crippen molar-refractivity contribution in [3.63, 3.8) is 0 Å². The Hall–Kier alpha value is -1.57. The maximum absolute atomic E-state index is 13.0. The van der Waals surface area contributed by atoms with Crippen LogP contribution < -0.4 is 9.04 Å². The highest BCUT2D eigenvalue weighted by molar-refractivity contribution is 9.10. The molecule has 1 aliphatic rings. The van der Waals surface area contributed by atoms with Crippen molar-refractivity contribution in [2.24, 2.45) is 0 Å². The molecule has 0 radical (unpaired) electrons. The van der Waals surface area contributed by atoms with Gasteiger partial charge in [-0.05, 0) is 36.8 Å².